The minimum atomic E-state index is -1.45. The van der Waals surface area contributed by atoms with E-state index in [-0.39, 0.29) is 52.0 Å². The Hall–Kier alpha value is -4.50. The fraction of sp³-hybridized carbons (Fsp3) is 0.455. The summed E-state index contributed by atoms with van der Waals surface area (Å²) in [6.07, 6.45) is 1.09. The van der Waals surface area contributed by atoms with Crippen molar-refractivity contribution in [3.63, 3.8) is 0 Å². The molecule has 5 atom stereocenters. The Morgan fingerprint density at radius 3 is 1.02 bits per heavy atom. The van der Waals surface area contributed by atoms with Gasteiger partial charge in [0.2, 0.25) is 5.91 Å². The Morgan fingerprint density at radius 1 is 0.604 bits per heavy atom. The summed E-state index contributed by atoms with van der Waals surface area (Å²) < 4.78 is 0. The molecule has 1 aromatic rings. The largest absolute Gasteiger partial charge is 2.00 e. The van der Waals surface area contributed by atoms with Crippen LogP contribution in [0.3, 0.4) is 0 Å². The zero-order valence-corrected chi connectivity index (χ0v) is 27.0. The number of aliphatic carboxylic acids is 8. The number of aromatic nitrogens is 2. The molecule has 1 aromatic heterocycles. The van der Waals surface area contributed by atoms with Crippen molar-refractivity contribution in [2.24, 2.45) is 34.4 Å². The van der Waals surface area contributed by atoms with Crippen molar-refractivity contribution in [3.8, 4) is 0 Å². The summed E-state index contributed by atoms with van der Waals surface area (Å²) in [7, 11) is 0. The van der Waals surface area contributed by atoms with Crippen molar-refractivity contribution >= 4 is 91.4 Å². The van der Waals surface area contributed by atoms with Gasteiger partial charge in [0.05, 0.1) is 12.7 Å². The molecule has 0 spiro atoms. The number of primary amides is 1. The first-order valence-corrected chi connectivity index (χ1v) is 12.1. The molecule has 0 aromatic carbocycles. The van der Waals surface area contributed by atoms with Gasteiger partial charge in [-0.15, -0.1) is 0 Å². The molecule has 0 bridgehead atoms. The predicted molar refractivity (Wildman–Crippen MR) is 150 cm³/mol. The Labute approximate surface area is 300 Å². The van der Waals surface area contributed by atoms with Gasteiger partial charge in [-0.2, -0.15) is 0 Å². The maximum Gasteiger partial charge on any atom is 2.00 e. The Balaban J connectivity index is -0.000000117. The smallest absolute Gasteiger partial charge is 0.550 e. The van der Waals surface area contributed by atoms with Gasteiger partial charge < -0.3 is 94.6 Å². The van der Waals surface area contributed by atoms with E-state index in [0.717, 1.165) is 5.69 Å². The molecule has 0 radical (unpaired) electrons. The second kappa shape index (κ2) is 29.9. The molecule has 0 aliphatic heterocycles. The van der Waals surface area contributed by atoms with E-state index in [0.29, 0.717) is 0 Å². The van der Waals surface area contributed by atoms with Crippen LogP contribution in [-0.2, 0) is 49.6 Å². The number of carbonyl (C=O) groups is 9. The van der Waals surface area contributed by atoms with Crippen molar-refractivity contribution in [2.75, 3.05) is 0 Å². The van der Waals surface area contributed by atoms with Crippen LogP contribution in [-0.4, -0.2) is 157 Å². The van der Waals surface area contributed by atoms with Crippen LogP contribution >= 0.6 is 0 Å². The molecule has 1 rings (SSSR count). The number of rotatable bonds is 15. The zero-order chi connectivity index (χ0) is 38.0. The summed E-state index contributed by atoms with van der Waals surface area (Å²) in [6.45, 7) is 0. The summed E-state index contributed by atoms with van der Waals surface area (Å²) >= 11 is 0. The number of nitrogens with zero attached hydrogens (tertiary/aromatic N) is 1. The third-order valence-corrected chi connectivity index (χ3v) is 4.16. The summed E-state index contributed by atoms with van der Waals surface area (Å²) in [5, 5.41) is 69.5. The molecule has 18 N–H and O–H groups in total. The van der Waals surface area contributed by atoms with E-state index in [9.17, 15) is 58.5 Å². The van der Waals surface area contributed by atoms with Gasteiger partial charge in [0.25, 0.3) is 0 Å². The second-order valence-corrected chi connectivity index (χ2v) is 8.40. The molecular formula is C22H36CaN8O17. The van der Waals surface area contributed by atoms with Crippen LogP contribution in [0.2, 0.25) is 0 Å². The quantitative estimate of drug-likeness (QED) is 0.0747. The number of H-pyrrole nitrogens is 1. The summed E-state index contributed by atoms with van der Waals surface area (Å²) in [4.78, 5) is 95.1. The van der Waals surface area contributed by atoms with Crippen LogP contribution in [0.15, 0.2) is 12.5 Å². The Kier molecular flexibility index (Phi) is 33.0. The molecular weight excluding hydrogens is 688 g/mol. The number of aromatic amines is 1. The summed E-state index contributed by atoms with van der Waals surface area (Å²) in [5.74, 6) is -11.3. The van der Waals surface area contributed by atoms with Crippen LogP contribution in [0.1, 0.15) is 32.8 Å². The number of hydrogen-bond acceptors (Lipinski definition) is 18. The number of carboxylic acids is 8. The zero-order valence-electron chi connectivity index (χ0n) is 25.8. The molecule has 25 nitrogen and oxygen atoms in total. The van der Waals surface area contributed by atoms with Crippen molar-refractivity contribution in [1.82, 2.24) is 9.97 Å². The van der Waals surface area contributed by atoms with E-state index in [1.165, 1.54) is 6.33 Å². The van der Waals surface area contributed by atoms with Gasteiger partial charge in [0.1, 0.15) is 30.2 Å². The summed E-state index contributed by atoms with van der Waals surface area (Å²) in [5.41, 5.74) is 30.0. The van der Waals surface area contributed by atoms with Crippen molar-refractivity contribution in [2.45, 2.75) is 62.3 Å². The fourth-order valence-electron chi connectivity index (χ4n) is 1.83. The minimum Gasteiger partial charge on any atom is -0.550 e. The molecule has 48 heavy (non-hydrogen) atoms. The van der Waals surface area contributed by atoms with Crippen LogP contribution in [0.4, 0.5) is 0 Å². The van der Waals surface area contributed by atoms with Gasteiger partial charge in [0, 0.05) is 55.5 Å². The fourth-order valence-corrected chi connectivity index (χ4v) is 1.83. The monoisotopic (exact) mass is 724 g/mol. The number of hydrogen-bond donors (Lipinski definition) is 12. The van der Waals surface area contributed by atoms with Gasteiger partial charge in [0.15, 0.2) is 0 Å². The number of nitrogens with two attached hydrogens (primary N) is 6. The number of carbonyl (C=O) groups excluding carboxylic acids is 4. The average Bonchev–Trinajstić information content (AvgIpc) is 3.41. The normalized spacial score (nSPS) is 12.4. The maximum atomic E-state index is 10.3. The molecule has 0 saturated carbocycles. The second-order valence-electron chi connectivity index (χ2n) is 8.40. The van der Waals surface area contributed by atoms with E-state index in [1.54, 1.807) is 6.20 Å². The number of amides is 1. The minimum absolute atomic E-state index is 0. The van der Waals surface area contributed by atoms with Crippen molar-refractivity contribution in [1.29, 1.82) is 0 Å². The van der Waals surface area contributed by atoms with Gasteiger partial charge in [-0.05, 0) is 0 Å². The first-order chi connectivity index (χ1) is 21.3. The average molecular weight is 725 g/mol. The maximum absolute atomic E-state index is 10.3. The molecule has 26 heteroatoms. The molecule has 268 valence electrons. The van der Waals surface area contributed by atoms with Crippen molar-refractivity contribution in [3.05, 3.63) is 18.2 Å². The molecule has 1 heterocycles. The van der Waals surface area contributed by atoms with E-state index >= 15 is 0 Å². The van der Waals surface area contributed by atoms with Crippen LogP contribution < -0.4 is 49.7 Å². The van der Waals surface area contributed by atoms with Gasteiger partial charge in [-0.25, -0.2) is 4.98 Å². The number of nitrogens with one attached hydrogen (secondary N) is 1. The van der Waals surface area contributed by atoms with Crippen LogP contribution in [0.25, 0.3) is 0 Å². The first kappa shape index (κ1) is 53.0. The number of carboxylic acid groups (broad SMARTS) is 8. The molecule has 0 aliphatic carbocycles. The molecule has 1 amide bonds. The van der Waals surface area contributed by atoms with Gasteiger partial charge >= 0.3 is 69.0 Å². The molecule has 0 unspecified atom stereocenters. The van der Waals surface area contributed by atoms with Gasteiger partial charge in [-0.1, -0.05) is 0 Å². The van der Waals surface area contributed by atoms with Crippen LogP contribution in [0, 0.1) is 0 Å². The molecule has 0 aliphatic rings. The molecule has 0 saturated heterocycles. The first-order valence-electron chi connectivity index (χ1n) is 12.1. The standard InChI is InChI=1S/C6H9N3O2.C4H8N2O3.3C4H7NO4.Ca/c7-5(6(10)11)1-4-2-8-3-9-4;4*5-2(4(8)9)1-3(6)7;/h2-3,5H,1,7H2,(H,8,9)(H,10,11);2H,1,5H2,(H2,6,7)(H,8,9);3*2H,1,5H2,(H,6,7)(H,8,9);/q;;;;;+2/p-2/t5-;4*2-;/m00000./s1. The summed E-state index contributed by atoms with van der Waals surface area (Å²) in [6, 6.07) is -6.07. The van der Waals surface area contributed by atoms with Crippen LogP contribution in [0.5, 0.6) is 0 Å². The molecule has 0 fully saturated rings. The van der Waals surface area contributed by atoms with E-state index in [2.05, 4.69) is 15.7 Å². The Morgan fingerprint density at radius 2 is 0.875 bits per heavy atom. The number of imidazole rings is 1. The van der Waals surface area contributed by atoms with E-state index in [4.69, 9.17) is 54.2 Å². The SMILES string of the molecule is NC(=O)C[C@H](N)C(=O)O.N[C@@H](CC(=O)[O-])C(=O)O.N[C@@H](CC(=O)[O-])C(=O)O.N[C@@H](CC(=O)[O-])C(=O)O.N[C@@H](Cc1cnc[nH]1)C(=O)O.[Ca+2].[H+]. The topological polar surface area (TPSA) is 509 Å². The Bertz CT molecular complexity index is 1060. The third kappa shape index (κ3) is 37.7. The third-order valence-electron chi connectivity index (χ3n) is 4.16. The van der Waals surface area contributed by atoms with E-state index in [1.807, 2.05) is 0 Å². The van der Waals surface area contributed by atoms with Gasteiger partial charge in [-0.3, -0.25) is 28.8 Å². The van der Waals surface area contributed by atoms with Crippen molar-refractivity contribution < 1.29 is 85.4 Å². The van der Waals surface area contributed by atoms with E-state index < -0.39 is 103 Å². The predicted octanol–water partition coefficient (Wildman–Crippen LogP) is -10.0.